The first kappa shape index (κ1) is 15.1. The summed E-state index contributed by atoms with van der Waals surface area (Å²) in [5.41, 5.74) is 1.83. The van der Waals surface area contributed by atoms with Crippen LogP contribution in [0.3, 0.4) is 0 Å². The quantitative estimate of drug-likeness (QED) is 0.844. The number of anilines is 1. The number of benzene rings is 2. The minimum absolute atomic E-state index is 0.0266. The van der Waals surface area contributed by atoms with E-state index >= 15 is 0 Å². The first-order valence-electron chi connectivity index (χ1n) is 6.82. The summed E-state index contributed by atoms with van der Waals surface area (Å²) in [6.45, 7) is 2.03. The van der Waals surface area contributed by atoms with Crippen molar-refractivity contribution < 1.29 is 13.2 Å². The van der Waals surface area contributed by atoms with Crippen molar-refractivity contribution in [3.8, 4) is 0 Å². The van der Waals surface area contributed by atoms with Gasteiger partial charge in [0.25, 0.3) is 10.0 Å². The predicted molar refractivity (Wildman–Crippen MR) is 86.1 cm³/mol. The number of nitrogens with zero attached hydrogens (tertiary/aromatic N) is 1. The largest absolute Gasteiger partial charge is 0.294 e. The molecule has 1 aliphatic rings. The molecule has 1 aliphatic heterocycles. The Morgan fingerprint density at radius 2 is 1.77 bits per heavy atom. The van der Waals surface area contributed by atoms with Crippen molar-refractivity contribution in [2.45, 2.75) is 18.2 Å². The molecule has 0 bridgehead atoms. The average molecular weight is 336 g/mol. The van der Waals surface area contributed by atoms with Gasteiger partial charge in [0.2, 0.25) is 0 Å². The van der Waals surface area contributed by atoms with E-state index in [2.05, 4.69) is 0 Å². The summed E-state index contributed by atoms with van der Waals surface area (Å²) in [7, 11) is -3.71. The Balaban J connectivity index is 2.11. The SMILES string of the molecule is Cc1ccc2c(c1)C(=O)CCN2S(=O)(=O)c1ccc(Cl)cc1. The van der Waals surface area contributed by atoms with Gasteiger partial charge in [-0.1, -0.05) is 23.2 Å². The maximum Gasteiger partial charge on any atom is 0.264 e. The summed E-state index contributed by atoms with van der Waals surface area (Å²) >= 11 is 5.81. The highest BCUT2D eigenvalue weighted by Gasteiger charge is 2.32. The highest BCUT2D eigenvalue weighted by Crippen LogP contribution is 2.32. The summed E-state index contributed by atoms with van der Waals surface area (Å²) in [4.78, 5) is 12.2. The first-order valence-corrected chi connectivity index (χ1v) is 8.63. The van der Waals surface area contributed by atoms with Crippen LogP contribution in [0.15, 0.2) is 47.4 Å². The van der Waals surface area contributed by atoms with E-state index in [4.69, 9.17) is 11.6 Å². The maximum atomic E-state index is 12.8. The molecule has 0 saturated heterocycles. The lowest BCUT2D eigenvalue weighted by Gasteiger charge is -2.30. The predicted octanol–water partition coefficient (Wildman–Crippen LogP) is 3.43. The van der Waals surface area contributed by atoms with Gasteiger partial charge in [-0.25, -0.2) is 8.42 Å². The van der Waals surface area contributed by atoms with Crippen molar-refractivity contribution in [1.82, 2.24) is 0 Å². The van der Waals surface area contributed by atoms with Gasteiger partial charge >= 0.3 is 0 Å². The van der Waals surface area contributed by atoms with E-state index in [9.17, 15) is 13.2 Å². The molecule has 0 aromatic heterocycles. The van der Waals surface area contributed by atoms with Crippen molar-refractivity contribution in [2.75, 3.05) is 10.8 Å². The van der Waals surface area contributed by atoms with Crippen LogP contribution in [0.5, 0.6) is 0 Å². The molecule has 3 rings (SSSR count). The highest BCUT2D eigenvalue weighted by molar-refractivity contribution is 7.92. The minimum Gasteiger partial charge on any atom is -0.294 e. The molecule has 0 aliphatic carbocycles. The third-order valence-electron chi connectivity index (χ3n) is 3.66. The molecule has 6 heteroatoms. The second-order valence-corrected chi connectivity index (χ2v) is 7.52. The number of fused-ring (bicyclic) bond motifs is 1. The number of halogens is 1. The van der Waals surface area contributed by atoms with Gasteiger partial charge < -0.3 is 0 Å². The van der Waals surface area contributed by atoms with Gasteiger partial charge in [0.15, 0.2) is 5.78 Å². The van der Waals surface area contributed by atoms with E-state index in [1.54, 1.807) is 24.3 Å². The number of aryl methyl sites for hydroxylation is 1. The fourth-order valence-electron chi connectivity index (χ4n) is 2.53. The molecule has 0 radical (unpaired) electrons. The number of Topliss-reactive ketones (excluding diaryl/α,β-unsaturated/α-hetero) is 1. The van der Waals surface area contributed by atoms with Crippen LogP contribution in [0.4, 0.5) is 5.69 Å². The molecule has 0 spiro atoms. The van der Waals surface area contributed by atoms with Gasteiger partial charge in [0, 0.05) is 23.6 Å². The second kappa shape index (κ2) is 5.41. The van der Waals surface area contributed by atoms with Gasteiger partial charge in [-0.15, -0.1) is 0 Å². The zero-order chi connectivity index (χ0) is 15.9. The molecule has 0 unspecified atom stereocenters. The number of hydrogen-bond donors (Lipinski definition) is 0. The van der Waals surface area contributed by atoms with Crippen LogP contribution in [0.1, 0.15) is 22.3 Å². The molecule has 0 N–H and O–H groups in total. The van der Waals surface area contributed by atoms with Crippen molar-refractivity contribution >= 4 is 33.1 Å². The second-order valence-electron chi connectivity index (χ2n) is 5.22. The van der Waals surface area contributed by atoms with Gasteiger partial charge in [0.1, 0.15) is 0 Å². The number of rotatable bonds is 2. The molecule has 0 fully saturated rings. The van der Waals surface area contributed by atoms with E-state index in [0.29, 0.717) is 16.3 Å². The minimum atomic E-state index is -3.71. The van der Waals surface area contributed by atoms with Crippen molar-refractivity contribution in [2.24, 2.45) is 0 Å². The molecule has 0 saturated carbocycles. The monoisotopic (exact) mass is 335 g/mol. The molecular formula is C16H14ClNO3S. The third-order valence-corrected chi connectivity index (χ3v) is 5.74. The normalized spacial score (nSPS) is 14.8. The van der Waals surface area contributed by atoms with Gasteiger partial charge in [0.05, 0.1) is 10.6 Å². The van der Waals surface area contributed by atoms with Gasteiger partial charge in [-0.05, 0) is 43.3 Å². The first-order chi connectivity index (χ1) is 10.4. The van der Waals surface area contributed by atoms with Crippen molar-refractivity contribution in [3.05, 3.63) is 58.6 Å². The number of carbonyl (C=O) groups excluding carboxylic acids is 1. The molecule has 0 amide bonds. The highest BCUT2D eigenvalue weighted by atomic mass is 35.5. The van der Waals surface area contributed by atoms with Crippen LogP contribution >= 0.6 is 11.6 Å². The van der Waals surface area contributed by atoms with Crippen LogP contribution in [0, 0.1) is 6.92 Å². The Bertz CT molecular complexity index is 844. The van der Waals surface area contributed by atoms with Crippen LogP contribution < -0.4 is 4.31 Å². The average Bonchev–Trinajstić information content (AvgIpc) is 2.48. The van der Waals surface area contributed by atoms with E-state index in [-0.39, 0.29) is 23.6 Å². The van der Waals surface area contributed by atoms with Crippen LogP contribution in [0.2, 0.25) is 5.02 Å². The summed E-state index contributed by atoms with van der Waals surface area (Å²) in [6.07, 6.45) is 0.184. The Morgan fingerprint density at radius 1 is 1.09 bits per heavy atom. The lowest BCUT2D eigenvalue weighted by molar-refractivity contribution is 0.0982. The number of carbonyl (C=O) groups is 1. The molecule has 4 nitrogen and oxygen atoms in total. The van der Waals surface area contributed by atoms with Crippen LogP contribution in [-0.2, 0) is 10.0 Å². The number of ketones is 1. The fourth-order valence-corrected chi connectivity index (χ4v) is 4.14. The molecule has 0 atom stereocenters. The topological polar surface area (TPSA) is 54.5 Å². The van der Waals surface area contributed by atoms with Gasteiger partial charge in [-0.2, -0.15) is 0 Å². The van der Waals surface area contributed by atoms with Crippen molar-refractivity contribution in [1.29, 1.82) is 0 Å². The number of hydrogen-bond acceptors (Lipinski definition) is 3. The maximum absolute atomic E-state index is 12.8. The Labute approximate surface area is 134 Å². The van der Waals surface area contributed by atoms with E-state index in [0.717, 1.165) is 5.56 Å². The van der Waals surface area contributed by atoms with Crippen LogP contribution in [-0.4, -0.2) is 20.7 Å². The summed E-state index contributed by atoms with van der Waals surface area (Å²) in [5, 5.41) is 0.476. The third kappa shape index (κ3) is 2.51. The van der Waals surface area contributed by atoms with E-state index in [1.165, 1.54) is 16.4 Å². The molecular weight excluding hydrogens is 322 g/mol. The molecule has 1 heterocycles. The molecule has 2 aromatic rings. The zero-order valence-electron chi connectivity index (χ0n) is 11.9. The molecule has 2 aromatic carbocycles. The van der Waals surface area contributed by atoms with E-state index < -0.39 is 10.0 Å². The summed E-state index contributed by atoms with van der Waals surface area (Å²) in [6, 6.07) is 11.3. The smallest absolute Gasteiger partial charge is 0.264 e. The standard InChI is InChI=1S/C16H14ClNO3S/c1-11-2-7-15-14(10-11)16(19)8-9-18(15)22(20,21)13-5-3-12(17)4-6-13/h2-7,10H,8-9H2,1H3. The summed E-state index contributed by atoms with van der Waals surface area (Å²) < 4.78 is 26.9. The fraction of sp³-hybridized carbons (Fsp3) is 0.188. The lowest BCUT2D eigenvalue weighted by Crippen LogP contribution is -2.37. The lowest BCUT2D eigenvalue weighted by atomic mass is 10.0. The van der Waals surface area contributed by atoms with Crippen LogP contribution in [0.25, 0.3) is 0 Å². The Kier molecular flexibility index (Phi) is 3.70. The molecule has 22 heavy (non-hydrogen) atoms. The van der Waals surface area contributed by atoms with Gasteiger partial charge in [-0.3, -0.25) is 9.10 Å². The summed E-state index contributed by atoms with van der Waals surface area (Å²) in [5.74, 6) is -0.0266. The molecule has 114 valence electrons. The Hall–Kier alpha value is -1.85. The van der Waals surface area contributed by atoms with Crippen molar-refractivity contribution in [3.63, 3.8) is 0 Å². The Morgan fingerprint density at radius 3 is 2.45 bits per heavy atom. The number of sulfonamides is 1. The van der Waals surface area contributed by atoms with E-state index in [1.807, 2.05) is 13.0 Å². The zero-order valence-corrected chi connectivity index (χ0v) is 13.5.